The summed E-state index contributed by atoms with van der Waals surface area (Å²) in [6.45, 7) is 20.3. The van der Waals surface area contributed by atoms with Gasteiger partial charge in [0.25, 0.3) is 0 Å². The number of nitrogens with zero attached hydrogens (tertiary/aromatic N) is 1. The van der Waals surface area contributed by atoms with E-state index in [1.807, 2.05) is 39.8 Å². The first-order valence-electron chi connectivity index (χ1n) is 10.7. The summed E-state index contributed by atoms with van der Waals surface area (Å²) >= 11 is 0. The second-order valence-electron chi connectivity index (χ2n) is 8.25. The van der Waals surface area contributed by atoms with Crippen LogP contribution < -0.4 is 4.74 Å². The lowest BCUT2D eigenvalue weighted by atomic mass is 10.0. The summed E-state index contributed by atoms with van der Waals surface area (Å²) in [6.07, 6.45) is 2.87. The molecule has 1 atom stereocenters. The number of ether oxygens (including phenoxy) is 1. The average Bonchev–Trinajstić information content (AvgIpc) is 2.57. The minimum atomic E-state index is -0.328. The van der Waals surface area contributed by atoms with Crippen molar-refractivity contribution in [3.05, 3.63) is 29.8 Å². The molecule has 0 aromatic heterocycles. The van der Waals surface area contributed by atoms with Gasteiger partial charge in [0.05, 0.1) is 0 Å². The Kier molecular flexibility index (Phi) is 16.6. The van der Waals surface area contributed by atoms with E-state index in [0.717, 1.165) is 24.6 Å². The van der Waals surface area contributed by atoms with Gasteiger partial charge in [-0.15, -0.1) is 0 Å². The molecular weight excluding hydrogens is 334 g/mol. The zero-order chi connectivity index (χ0) is 21.5. The Labute approximate surface area is 170 Å². The number of hydrogen-bond acceptors (Lipinski definition) is 3. The Morgan fingerprint density at radius 3 is 1.93 bits per heavy atom. The van der Waals surface area contributed by atoms with E-state index < -0.39 is 0 Å². The highest BCUT2D eigenvalue weighted by Gasteiger charge is 2.19. The lowest BCUT2D eigenvalue weighted by Gasteiger charge is -2.26. The second-order valence-corrected chi connectivity index (χ2v) is 8.25. The molecule has 3 heteroatoms. The SMILES string of the molecule is CC.CC(C)C.CCCN(C)C(C)Cc1ccc(OC(C)(C)CCO)cc1. The fourth-order valence-corrected chi connectivity index (χ4v) is 2.40. The van der Waals surface area contributed by atoms with Crippen LogP contribution in [-0.4, -0.2) is 41.8 Å². The monoisotopic (exact) mass is 381 g/mol. The minimum absolute atomic E-state index is 0.145. The number of benzene rings is 1. The molecule has 0 fully saturated rings. The maximum absolute atomic E-state index is 9.03. The van der Waals surface area contributed by atoms with Gasteiger partial charge in [-0.2, -0.15) is 0 Å². The van der Waals surface area contributed by atoms with Crippen LogP contribution in [0.1, 0.15) is 80.7 Å². The first-order chi connectivity index (χ1) is 12.6. The Balaban J connectivity index is 0. The summed E-state index contributed by atoms with van der Waals surface area (Å²) in [5.41, 5.74) is 1.00. The molecule has 0 aliphatic heterocycles. The molecule has 0 amide bonds. The van der Waals surface area contributed by atoms with Crippen molar-refractivity contribution in [2.75, 3.05) is 20.2 Å². The number of rotatable bonds is 9. The standard InChI is InChI=1S/C18H31NO2.C4H10.C2H6/c1-6-12-19(5)15(2)14-16-7-9-17(10-8-16)21-18(3,4)11-13-20;1-4(2)3;1-2/h7-10,15,20H,6,11-14H2,1-5H3;4H,1-3H3;1-2H3. The first kappa shape index (κ1) is 28.2. The van der Waals surface area contributed by atoms with Crippen molar-refractivity contribution >= 4 is 0 Å². The lowest BCUT2D eigenvalue weighted by Crippen LogP contribution is -2.31. The van der Waals surface area contributed by atoms with Gasteiger partial charge in [-0.25, -0.2) is 0 Å². The van der Waals surface area contributed by atoms with Gasteiger partial charge in [0, 0.05) is 19.1 Å². The molecule has 1 aromatic carbocycles. The summed E-state index contributed by atoms with van der Waals surface area (Å²) in [5, 5.41) is 9.03. The van der Waals surface area contributed by atoms with Gasteiger partial charge in [0.2, 0.25) is 0 Å². The molecule has 1 rings (SSSR count). The highest BCUT2D eigenvalue weighted by atomic mass is 16.5. The van der Waals surface area contributed by atoms with Crippen LogP contribution >= 0.6 is 0 Å². The molecule has 160 valence electrons. The molecule has 1 aromatic rings. The fourth-order valence-electron chi connectivity index (χ4n) is 2.40. The first-order valence-corrected chi connectivity index (χ1v) is 10.7. The van der Waals surface area contributed by atoms with Gasteiger partial charge in [-0.05, 0) is 70.8 Å². The normalized spacial score (nSPS) is 12.0. The molecule has 1 unspecified atom stereocenters. The van der Waals surface area contributed by atoms with Crippen LogP contribution in [0.2, 0.25) is 0 Å². The third-order valence-corrected chi connectivity index (χ3v) is 3.89. The van der Waals surface area contributed by atoms with Crippen LogP contribution in [-0.2, 0) is 6.42 Å². The summed E-state index contributed by atoms with van der Waals surface area (Å²) in [6, 6.07) is 8.88. The molecule has 0 saturated carbocycles. The largest absolute Gasteiger partial charge is 0.488 e. The van der Waals surface area contributed by atoms with Crippen molar-refractivity contribution in [1.29, 1.82) is 0 Å². The van der Waals surface area contributed by atoms with E-state index in [1.54, 1.807) is 0 Å². The molecule has 1 N–H and O–H groups in total. The van der Waals surface area contributed by atoms with Crippen LogP contribution in [0.25, 0.3) is 0 Å². The molecular formula is C24H47NO2. The van der Waals surface area contributed by atoms with E-state index in [-0.39, 0.29) is 12.2 Å². The van der Waals surface area contributed by atoms with Crippen molar-refractivity contribution in [3.63, 3.8) is 0 Å². The zero-order valence-electron chi connectivity index (χ0n) is 19.8. The van der Waals surface area contributed by atoms with Crippen molar-refractivity contribution in [2.24, 2.45) is 5.92 Å². The van der Waals surface area contributed by atoms with Crippen LogP contribution in [0, 0.1) is 5.92 Å². The molecule has 0 aliphatic rings. The Morgan fingerprint density at radius 2 is 1.52 bits per heavy atom. The lowest BCUT2D eigenvalue weighted by molar-refractivity contribution is 0.0765. The van der Waals surface area contributed by atoms with E-state index in [0.29, 0.717) is 12.5 Å². The van der Waals surface area contributed by atoms with Gasteiger partial charge in [-0.3, -0.25) is 0 Å². The van der Waals surface area contributed by atoms with Crippen LogP contribution in [0.3, 0.4) is 0 Å². The van der Waals surface area contributed by atoms with Crippen molar-refractivity contribution in [3.8, 4) is 5.75 Å². The number of likely N-dealkylation sites (N-methyl/N-ethyl adjacent to an activating group) is 1. The third-order valence-electron chi connectivity index (χ3n) is 3.89. The summed E-state index contributed by atoms with van der Waals surface area (Å²) in [7, 11) is 2.18. The maximum Gasteiger partial charge on any atom is 0.120 e. The van der Waals surface area contributed by atoms with Gasteiger partial charge < -0.3 is 14.7 Å². The summed E-state index contributed by atoms with van der Waals surface area (Å²) < 4.78 is 5.92. The summed E-state index contributed by atoms with van der Waals surface area (Å²) in [4.78, 5) is 2.40. The molecule has 0 radical (unpaired) electrons. The van der Waals surface area contributed by atoms with E-state index in [9.17, 15) is 0 Å². The Morgan fingerprint density at radius 1 is 1.04 bits per heavy atom. The highest BCUT2D eigenvalue weighted by Crippen LogP contribution is 2.22. The van der Waals surface area contributed by atoms with E-state index >= 15 is 0 Å². The zero-order valence-corrected chi connectivity index (χ0v) is 19.8. The fraction of sp³-hybridized carbons (Fsp3) is 0.750. The van der Waals surface area contributed by atoms with Gasteiger partial charge in [0.1, 0.15) is 11.4 Å². The van der Waals surface area contributed by atoms with Crippen molar-refractivity contribution < 1.29 is 9.84 Å². The number of aliphatic hydroxyl groups is 1. The summed E-state index contributed by atoms with van der Waals surface area (Å²) in [5.74, 6) is 1.70. The highest BCUT2D eigenvalue weighted by molar-refractivity contribution is 5.28. The molecule has 0 aliphatic carbocycles. The molecule has 0 bridgehead atoms. The average molecular weight is 382 g/mol. The smallest absolute Gasteiger partial charge is 0.120 e. The van der Waals surface area contributed by atoms with Gasteiger partial charge in [-0.1, -0.05) is 53.7 Å². The number of aliphatic hydroxyl groups excluding tert-OH is 1. The maximum atomic E-state index is 9.03. The van der Waals surface area contributed by atoms with Crippen LogP contribution in [0.5, 0.6) is 5.75 Å². The van der Waals surface area contributed by atoms with Gasteiger partial charge in [0.15, 0.2) is 0 Å². The van der Waals surface area contributed by atoms with E-state index in [1.165, 1.54) is 12.0 Å². The van der Waals surface area contributed by atoms with Gasteiger partial charge >= 0.3 is 0 Å². The van der Waals surface area contributed by atoms with E-state index in [4.69, 9.17) is 9.84 Å². The number of hydrogen-bond donors (Lipinski definition) is 1. The predicted molar refractivity (Wildman–Crippen MR) is 121 cm³/mol. The molecule has 0 heterocycles. The Hall–Kier alpha value is -1.06. The van der Waals surface area contributed by atoms with E-state index in [2.05, 4.69) is 58.7 Å². The quantitative estimate of drug-likeness (QED) is 0.554. The second kappa shape index (κ2) is 15.9. The molecule has 0 saturated heterocycles. The van der Waals surface area contributed by atoms with Crippen LogP contribution in [0.4, 0.5) is 0 Å². The Bertz CT molecular complexity index is 437. The predicted octanol–water partition coefficient (Wildman–Crippen LogP) is 6.19. The molecule has 27 heavy (non-hydrogen) atoms. The molecule has 0 spiro atoms. The topological polar surface area (TPSA) is 32.7 Å². The van der Waals surface area contributed by atoms with Crippen LogP contribution in [0.15, 0.2) is 24.3 Å². The minimum Gasteiger partial charge on any atom is -0.488 e. The van der Waals surface area contributed by atoms with Crippen molar-refractivity contribution in [2.45, 2.75) is 93.2 Å². The van der Waals surface area contributed by atoms with Crippen molar-refractivity contribution in [1.82, 2.24) is 4.90 Å². The molecule has 3 nitrogen and oxygen atoms in total. The third kappa shape index (κ3) is 15.7.